The molecule has 1 aromatic heterocycles. The summed E-state index contributed by atoms with van der Waals surface area (Å²) >= 11 is 1.35. The van der Waals surface area contributed by atoms with Crippen molar-refractivity contribution in [1.82, 2.24) is 0 Å². The summed E-state index contributed by atoms with van der Waals surface area (Å²) in [6.45, 7) is 5.96. The summed E-state index contributed by atoms with van der Waals surface area (Å²) in [4.78, 5) is 48.9. The summed E-state index contributed by atoms with van der Waals surface area (Å²) in [7, 11) is 0. The molecule has 6 nitrogen and oxygen atoms in total. The first-order valence-electron chi connectivity index (χ1n) is 7.71. The van der Waals surface area contributed by atoms with Crippen molar-refractivity contribution in [1.29, 1.82) is 0 Å². The van der Waals surface area contributed by atoms with E-state index in [0.29, 0.717) is 5.56 Å². The van der Waals surface area contributed by atoms with Crippen molar-refractivity contribution in [2.45, 2.75) is 33.6 Å². The number of Topliss-reactive ketones (excluding diaryl/α,β-unsaturated/α-hetero) is 2. The van der Waals surface area contributed by atoms with Gasteiger partial charge in [0.25, 0.3) is 0 Å². The molecule has 0 fully saturated rings. The highest BCUT2D eigenvalue weighted by Crippen LogP contribution is 2.36. The van der Waals surface area contributed by atoms with Gasteiger partial charge in [-0.05, 0) is 50.1 Å². The standard InChI is InChI=1S/C17H22O6S/c1-5-22-16(20)13(10(3)18)15(12-7-8-24-9-12)14(11(4)19)17(21)23-6-2/h7-9,13-15H,5-6H2,1-4H3. The van der Waals surface area contributed by atoms with Crippen LogP contribution in [-0.4, -0.2) is 36.7 Å². The third-order valence-electron chi connectivity index (χ3n) is 3.60. The lowest BCUT2D eigenvalue weighted by Gasteiger charge is -2.28. The van der Waals surface area contributed by atoms with E-state index in [9.17, 15) is 19.2 Å². The van der Waals surface area contributed by atoms with E-state index in [-0.39, 0.29) is 13.2 Å². The predicted molar refractivity (Wildman–Crippen MR) is 88.7 cm³/mol. The highest BCUT2D eigenvalue weighted by molar-refractivity contribution is 7.08. The van der Waals surface area contributed by atoms with E-state index in [4.69, 9.17) is 9.47 Å². The van der Waals surface area contributed by atoms with Gasteiger partial charge in [0.1, 0.15) is 23.4 Å². The Morgan fingerprint density at radius 2 is 1.42 bits per heavy atom. The molecular formula is C17H22O6S. The lowest BCUT2D eigenvalue weighted by Crippen LogP contribution is -2.40. The molecule has 0 amide bonds. The van der Waals surface area contributed by atoms with Gasteiger partial charge in [0, 0.05) is 5.92 Å². The molecule has 2 atom stereocenters. The topological polar surface area (TPSA) is 86.7 Å². The molecule has 1 heterocycles. The summed E-state index contributed by atoms with van der Waals surface area (Å²) in [6.07, 6.45) is 0. The second kappa shape index (κ2) is 9.32. The number of hydrogen-bond acceptors (Lipinski definition) is 7. The van der Waals surface area contributed by atoms with Crippen LogP contribution in [0.15, 0.2) is 16.8 Å². The number of ketones is 2. The van der Waals surface area contributed by atoms with E-state index in [2.05, 4.69) is 0 Å². The van der Waals surface area contributed by atoms with Crippen LogP contribution in [0, 0.1) is 11.8 Å². The van der Waals surface area contributed by atoms with Gasteiger partial charge >= 0.3 is 11.9 Å². The van der Waals surface area contributed by atoms with E-state index in [1.807, 2.05) is 0 Å². The Hall–Kier alpha value is -2.02. The fourth-order valence-corrected chi connectivity index (χ4v) is 3.34. The molecule has 0 saturated heterocycles. The van der Waals surface area contributed by atoms with Gasteiger partial charge < -0.3 is 9.47 Å². The summed E-state index contributed by atoms with van der Waals surface area (Å²) in [5.41, 5.74) is 0.571. The predicted octanol–water partition coefficient (Wildman–Crippen LogP) is 2.37. The van der Waals surface area contributed by atoms with Crippen LogP contribution in [0.2, 0.25) is 0 Å². The first-order valence-corrected chi connectivity index (χ1v) is 8.65. The smallest absolute Gasteiger partial charge is 0.317 e. The van der Waals surface area contributed by atoms with Crippen molar-refractivity contribution in [3.05, 3.63) is 22.4 Å². The zero-order valence-electron chi connectivity index (χ0n) is 14.2. The molecule has 0 aliphatic carbocycles. The summed E-state index contributed by atoms with van der Waals surface area (Å²) in [6, 6.07) is 1.69. The minimum atomic E-state index is -1.24. The van der Waals surface area contributed by atoms with Crippen molar-refractivity contribution in [3.63, 3.8) is 0 Å². The number of thiophene rings is 1. The van der Waals surface area contributed by atoms with E-state index in [1.165, 1.54) is 25.2 Å². The van der Waals surface area contributed by atoms with Gasteiger partial charge in [-0.15, -0.1) is 0 Å². The molecule has 0 saturated carbocycles. The fraction of sp³-hybridized carbons (Fsp3) is 0.529. The van der Waals surface area contributed by atoms with Crippen LogP contribution in [0.25, 0.3) is 0 Å². The zero-order valence-corrected chi connectivity index (χ0v) is 15.1. The molecule has 0 spiro atoms. The molecule has 1 rings (SSSR count). The zero-order chi connectivity index (χ0) is 18.3. The van der Waals surface area contributed by atoms with Crippen LogP contribution in [0.3, 0.4) is 0 Å². The Morgan fingerprint density at radius 1 is 0.958 bits per heavy atom. The number of carbonyl (C=O) groups excluding carboxylic acids is 4. The SMILES string of the molecule is CCOC(=O)C(C(C)=O)C(c1ccsc1)C(C(C)=O)C(=O)OCC. The van der Waals surface area contributed by atoms with Crippen LogP contribution in [0.5, 0.6) is 0 Å². The molecule has 2 unspecified atom stereocenters. The van der Waals surface area contributed by atoms with Gasteiger partial charge in [-0.2, -0.15) is 11.3 Å². The Kier molecular flexibility index (Phi) is 7.78. The van der Waals surface area contributed by atoms with Crippen molar-refractivity contribution < 1.29 is 28.7 Å². The summed E-state index contributed by atoms with van der Waals surface area (Å²) in [5.74, 6) is -5.81. The van der Waals surface area contributed by atoms with E-state index in [1.54, 1.807) is 30.7 Å². The van der Waals surface area contributed by atoms with E-state index >= 15 is 0 Å². The van der Waals surface area contributed by atoms with Crippen LogP contribution >= 0.6 is 11.3 Å². The highest BCUT2D eigenvalue weighted by Gasteiger charge is 2.45. The summed E-state index contributed by atoms with van der Waals surface area (Å²) < 4.78 is 9.99. The average molecular weight is 354 g/mol. The second-order valence-electron chi connectivity index (χ2n) is 5.26. The molecule has 132 valence electrons. The summed E-state index contributed by atoms with van der Waals surface area (Å²) in [5, 5.41) is 3.47. The molecular weight excluding hydrogens is 332 g/mol. The third kappa shape index (κ3) is 4.74. The number of esters is 2. The van der Waals surface area contributed by atoms with Crippen molar-refractivity contribution in [2.24, 2.45) is 11.8 Å². The monoisotopic (exact) mass is 354 g/mol. The second-order valence-corrected chi connectivity index (χ2v) is 6.04. The Balaban J connectivity index is 3.42. The fourth-order valence-electron chi connectivity index (χ4n) is 2.64. The Labute approximate surface area is 145 Å². The van der Waals surface area contributed by atoms with Gasteiger partial charge in [-0.3, -0.25) is 19.2 Å². The molecule has 0 aliphatic rings. The largest absolute Gasteiger partial charge is 0.465 e. The normalized spacial score (nSPS) is 14.3. The highest BCUT2D eigenvalue weighted by atomic mass is 32.1. The lowest BCUT2D eigenvalue weighted by atomic mass is 9.74. The Bertz CT molecular complexity index is 556. The van der Waals surface area contributed by atoms with Crippen molar-refractivity contribution in [3.8, 4) is 0 Å². The minimum absolute atomic E-state index is 0.100. The first-order chi connectivity index (χ1) is 11.3. The molecule has 0 aromatic carbocycles. The maximum Gasteiger partial charge on any atom is 0.317 e. The number of ether oxygens (including phenoxy) is 2. The van der Waals surface area contributed by atoms with Gasteiger partial charge in [0.2, 0.25) is 0 Å². The maximum absolute atomic E-state index is 12.3. The van der Waals surface area contributed by atoms with Crippen molar-refractivity contribution in [2.75, 3.05) is 13.2 Å². The quantitative estimate of drug-likeness (QED) is 0.500. The molecule has 7 heteroatoms. The van der Waals surface area contributed by atoms with E-state index in [0.717, 1.165) is 0 Å². The Morgan fingerprint density at radius 3 is 1.71 bits per heavy atom. The van der Waals surface area contributed by atoms with Gasteiger partial charge in [-0.25, -0.2) is 0 Å². The van der Waals surface area contributed by atoms with Crippen LogP contribution in [0.4, 0.5) is 0 Å². The molecule has 0 radical (unpaired) electrons. The molecule has 24 heavy (non-hydrogen) atoms. The lowest BCUT2D eigenvalue weighted by molar-refractivity contribution is -0.157. The maximum atomic E-state index is 12.3. The van der Waals surface area contributed by atoms with Gasteiger partial charge in [0.05, 0.1) is 13.2 Å². The molecule has 0 aliphatic heterocycles. The van der Waals surface area contributed by atoms with Crippen LogP contribution in [-0.2, 0) is 28.7 Å². The van der Waals surface area contributed by atoms with Crippen LogP contribution in [0.1, 0.15) is 39.2 Å². The number of rotatable bonds is 9. The number of carbonyl (C=O) groups is 4. The molecule has 0 bridgehead atoms. The van der Waals surface area contributed by atoms with Gasteiger partial charge in [0.15, 0.2) is 0 Å². The first kappa shape index (κ1) is 20.0. The van der Waals surface area contributed by atoms with Crippen LogP contribution < -0.4 is 0 Å². The molecule has 0 N–H and O–H groups in total. The van der Waals surface area contributed by atoms with Crippen molar-refractivity contribution >= 4 is 34.8 Å². The number of hydrogen-bond donors (Lipinski definition) is 0. The average Bonchev–Trinajstić information content (AvgIpc) is 3.00. The van der Waals surface area contributed by atoms with Gasteiger partial charge in [-0.1, -0.05) is 0 Å². The van der Waals surface area contributed by atoms with E-state index < -0.39 is 41.3 Å². The minimum Gasteiger partial charge on any atom is -0.465 e. The third-order valence-corrected chi connectivity index (χ3v) is 4.30. The molecule has 1 aromatic rings.